The molecule has 1 aliphatic rings. The Hall–Kier alpha value is -0.860. The van der Waals surface area contributed by atoms with E-state index < -0.39 is 0 Å². The van der Waals surface area contributed by atoms with Crippen LogP contribution in [0.4, 0.5) is 0 Å². The summed E-state index contributed by atoms with van der Waals surface area (Å²) in [6, 6.07) is 9.63. The molecule has 1 aliphatic heterocycles. The molecule has 0 N–H and O–H groups in total. The summed E-state index contributed by atoms with van der Waals surface area (Å²) in [5.41, 5.74) is 2.82. The molecule has 1 atom stereocenters. The monoisotopic (exact) mass is 246 g/mol. The summed E-state index contributed by atoms with van der Waals surface area (Å²) in [6.07, 6.45) is 1.26. The van der Waals surface area contributed by atoms with Crippen LogP contribution in [0.1, 0.15) is 31.4 Å². The second-order valence-electron chi connectivity index (χ2n) is 5.56. The minimum atomic E-state index is 0.742. The van der Waals surface area contributed by atoms with Crippen molar-refractivity contribution in [3.05, 3.63) is 35.4 Å². The molecule has 1 heterocycles. The first-order valence-electron chi connectivity index (χ1n) is 7.21. The minimum absolute atomic E-state index is 0.742. The van der Waals surface area contributed by atoms with Gasteiger partial charge in [-0.25, -0.2) is 0 Å². The van der Waals surface area contributed by atoms with Crippen molar-refractivity contribution in [3.63, 3.8) is 0 Å². The average Bonchev–Trinajstić information content (AvgIpc) is 2.39. The molecule has 100 valence electrons. The molecular weight excluding hydrogens is 220 g/mol. The van der Waals surface area contributed by atoms with E-state index in [0.29, 0.717) is 0 Å². The lowest BCUT2D eigenvalue weighted by molar-refractivity contribution is 0.0963. The van der Waals surface area contributed by atoms with Gasteiger partial charge in [0.05, 0.1) is 0 Å². The third-order valence-electron chi connectivity index (χ3n) is 4.11. The molecule has 0 unspecified atom stereocenters. The van der Waals surface area contributed by atoms with E-state index in [0.717, 1.165) is 12.6 Å². The maximum absolute atomic E-state index is 2.62. The Morgan fingerprint density at radius 2 is 1.89 bits per heavy atom. The Morgan fingerprint density at radius 3 is 2.50 bits per heavy atom. The first-order chi connectivity index (χ1) is 8.69. The zero-order valence-electron chi connectivity index (χ0n) is 12.0. The Kier molecular flexibility index (Phi) is 4.79. The Labute approximate surface area is 112 Å². The number of benzene rings is 1. The first kappa shape index (κ1) is 13.6. The molecule has 1 saturated heterocycles. The molecule has 0 saturated carbocycles. The number of rotatable bonds is 4. The second kappa shape index (κ2) is 6.35. The number of piperazine rings is 1. The van der Waals surface area contributed by atoms with E-state index in [4.69, 9.17) is 0 Å². The van der Waals surface area contributed by atoms with Crippen molar-refractivity contribution < 1.29 is 0 Å². The fourth-order valence-corrected chi connectivity index (χ4v) is 2.69. The smallest absolute Gasteiger partial charge is 0.0234 e. The van der Waals surface area contributed by atoms with E-state index in [2.05, 4.69) is 54.8 Å². The largest absolute Gasteiger partial charge is 0.298 e. The van der Waals surface area contributed by atoms with Gasteiger partial charge in [-0.15, -0.1) is 0 Å². The topological polar surface area (TPSA) is 6.48 Å². The molecule has 2 rings (SSSR count). The van der Waals surface area contributed by atoms with E-state index in [-0.39, 0.29) is 0 Å². The van der Waals surface area contributed by atoms with Crippen molar-refractivity contribution in [2.24, 2.45) is 0 Å². The van der Waals surface area contributed by atoms with Gasteiger partial charge < -0.3 is 0 Å². The van der Waals surface area contributed by atoms with Gasteiger partial charge in [-0.2, -0.15) is 0 Å². The number of aryl methyl sites for hydroxylation is 1. The van der Waals surface area contributed by atoms with Crippen LogP contribution < -0.4 is 0 Å². The molecule has 1 aromatic rings. The minimum Gasteiger partial charge on any atom is -0.298 e. The van der Waals surface area contributed by atoms with Crippen molar-refractivity contribution in [3.8, 4) is 0 Å². The van der Waals surface area contributed by atoms with Gasteiger partial charge in [-0.05, 0) is 25.8 Å². The van der Waals surface area contributed by atoms with Crippen LogP contribution in [0.3, 0.4) is 0 Å². The molecule has 18 heavy (non-hydrogen) atoms. The van der Waals surface area contributed by atoms with Gasteiger partial charge in [0.25, 0.3) is 0 Å². The molecule has 0 bridgehead atoms. The van der Waals surface area contributed by atoms with Crippen LogP contribution >= 0.6 is 0 Å². The van der Waals surface area contributed by atoms with Crippen molar-refractivity contribution >= 4 is 0 Å². The van der Waals surface area contributed by atoms with Crippen LogP contribution in [-0.2, 0) is 6.54 Å². The zero-order valence-corrected chi connectivity index (χ0v) is 12.0. The number of nitrogens with zero attached hydrogens (tertiary/aromatic N) is 2. The lowest BCUT2D eigenvalue weighted by Crippen LogP contribution is -2.48. The van der Waals surface area contributed by atoms with Gasteiger partial charge in [0.2, 0.25) is 0 Å². The van der Waals surface area contributed by atoms with Gasteiger partial charge in [-0.3, -0.25) is 9.80 Å². The number of hydrogen-bond acceptors (Lipinski definition) is 2. The summed E-state index contributed by atoms with van der Waals surface area (Å²) >= 11 is 0. The Bertz CT molecular complexity index is 367. The Morgan fingerprint density at radius 1 is 1.17 bits per heavy atom. The third kappa shape index (κ3) is 3.56. The number of hydrogen-bond donors (Lipinski definition) is 0. The SMILES string of the molecule is CC[C@@H](C)N1CCN(Cc2cccc(C)c2)CC1. The highest BCUT2D eigenvalue weighted by Gasteiger charge is 2.19. The third-order valence-corrected chi connectivity index (χ3v) is 4.11. The summed E-state index contributed by atoms with van der Waals surface area (Å²) in [5.74, 6) is 0. The highest BCUT2D eigenvalue weighted by atomic mass is 15.3. The fourth-order valence-electron chi connectivity index (χ4n) is 2.69. The van der Waals surface area contributed by atoms with Gasteiger partial charge in [0.15, 0.2) is 0 Å². The van der Waals surface area contributed by atoms with Gasteiger partial charge in [-0.1, -0.05) is 36.8 Å². The van der Waals surface area contributed by atoms with E-state index in [1.807, 2.05) is 0 Å². The van der Waals surface area contributed by atoms with Crippen LogP contribution in [0.2, 0.25) is 0 Å². The normalized spacial score (nSPS) is 19.9. The molecule has 2 heteroatoms. The predicted molar refractivity (Wildman–Crippen MR) is 77.8 cm³/mol. The molecule has 0 spiro atoms. The molecule has 1 fully saturated rings. The summed E-state index contributed by atoms with van der Waals surface area (Å²) in [5, 5.41) is 0. The maximum Gasteiger partial charge on any atom is 0.0234 e. The standard InChI is InChI=1S/C16H26N2/c1-4-15(3)18-10-8-17(9-11-18)13-16-7-5-6-14(2)12-16/h5-7,12,15H,4,8-11,13H2,1-3H3/t15-/m1/s1. The maximum atomic E-state index is 2.62. The molecule has 0 aliphatic carbocycles. The van der Waals surface area contributed by atoms with Crippen molar-refractivity contribution in [2.45, 2.75) is 39.8 Å². The van der Waals surface area contributed by atoms with Crippen LogP contribution in [-0.4, -0.2) is 42.0 Å². The molecule has 0 aromatic heterocycles. The Balaban J connectivity index is 1.83. The summed E-state index contributed by atoms with van der Waals surface area (Å²) in [6.45, 7) is 12.8. The van der Waals surface area contributed by atoms with Crippen LogP contribution in [0, 0.1) is 6.92 Å². The van der Waals surface area contributed by atoms with E-state index in [1.165, 1.54) is 43.7 Å². The zero-order chi connectivity index (χ0) is 13.0. The molecular formula is C16H26N2. The average molecular weight is 246 g/mol. The van der Waals surface area contributed by atoms with Gasteiger partial charge >= 0.3 is 0 Å². The van der Waals surface area contributed by atoms with Crippen LogP contribution in [0.15, 0.2) is 24.3 Å². The highest BCUT2D eigenvalue weighted by molar-refractivity contribution is 5.22. The molecule has 1 aromatic carbocycles. The van der Waals surface area contributed by atoms with Gasteiger partial charge in [0.1, 0.15) is 0 Å². The van der Waals surface area contributed by atoms with E-state index >= 15 is 0 Å². The summed E-state index contributed by atoms with van der Waals surface area (Å²) in [7, 11) is 0. The molecule has 2 nitrogen and oxygen atoms in total. The lowest BCUT2D eigenvalue weighted by atomic mass is 10.1. The fraction of sp³-hybridized carbons (Fsp3) is 0.625. The highest BCUT2D eigenvalue weighted by Crippen LogP contribution is 2.12. The van der Waals surface area contributed by atoms with Crippen LogP contribution in [0.25, 0.3) is 0 Å². The lowest BCUT2D eigenvalue weighted by Gasteiger charge is -2.37. The summed E-state index contributed by atoms with van der Waals surface area (Å²) in [4.78, 5) is 5.19. The first-order valence-corrected chi connectivity index (χ1v) is 7.21. The van der Waals surface area contributed by atoms with Crippen molar-refractivity contribution in [1.29, 1.82) is 0 Å². The summed E-state index contributed by atoms with van der Waals surface area (Å²) < 4.78 is 0. The molecule has 0 amide bonds. The van der Waals surface area contributed by atoms with Gasteiger partial charge in [0, 0.05) is 38.8 Å². The van der Waals surface area contributed by atoms with E-state index in [1.54, 1.807) is 0 Å². The quantitative estimate of drug-likeness (QED) is 0.806. The predicted octanol–water partition coefficient (Wildman–Crippen LogP) is 2.91. The van der Waals surface area contributed by atoms with Crippen molar-refractivity contribution in [1.82, 2.24) is 9.80 Å². The van der Waals surface area contributed by atoms with E-state index in [9.17, 15) is 0 Å². The molecule has 0 radical (unpaired) electrons. The second-order valence-corrected chi connectivity index (χ2v) is 5.56. The van der Waals surface area contributed by atoms with Crippen LogP contribution in [0.5, 0.6) is 0 Å². The van der Waals surface area contributed by atoms with Crippen molar-refractivity contribution in [2.75, 3.05) is 26.2 Å².